The van der Waals surface area contributed by atoms with Crippen LogP contribution in [0.25, 0.3) is 0 Å². The van der Waals surface area contributed by atoms with Gasteiger partial charge in [0.15, 0.2) is 0 Å². The van der Waals surface area contributed by atoms with Crippen LogP contribution >= 0.6 is 0 Å². The summed E-state index contributed by atoms with van der Waals surface area (Å²) in [5, 5.41) is 3.23. The van der Waals surface area contributed by atoms with Crippen molar-refractivity contribution < 1.29 is 4.39 Å². The number of halogens is 1. The number of rotatable bonds is 5. The molecule has 0 radical (unpaired) electrons. The van der Waals surface area contributed by atoms with Gasteiger partial charge in [-0.1, -0.05) is 24.6 Å². The van der Waals surface area contributed by atoms with Gasteiger partial charge in [-0.2, -0.15) is 0 Å². The van der Waals surface area contributed by atoms with Crippen molar-refractivity contribution in [3.05, 3.63) is 35.6 Å². The topological polar surface area (TPSA) is 15.3 Å². The molecule has 2 rings (SSSR count). The third-order valence-electron chi connectivity index (χ3n) is 3.81. The highest BCUT2D eigenvalue weighted by atomic mass is 19.1. The van der Waals surface area contributed by atoms with Crippen molar-refractivity contribution in [2.75, 3.05) is 26.7 Å². The van der Waals surface area contributed by atoms with Crippen LogP contribution in [0.15, 0.2) is 24.3 Å². The number of piperidine rings is 1. The summed E-state index contributed by atoms with van der Waals surface area (Å²) in [5.41, 5.74) is 0.789. The molecule has 100 valence electrons. The highest BCUT2D eigenvalue weighted by molar-refractivity contribution is 5.21. The largest absolute Gasteiger partial charge is 0.313 e. The van der Waals surface area contributed by atoms with Gasteiger partial charge < -0.3 is 10.2 Å². The van der Waals surface area contributed by atoms with E-state index in [2.05, 4.69) is 10.2 Å². The molecule has 1 aliphatic heterocycles. The summed E-state index contributed by atoms with van der Waals surface area (Å²) in [4.78, 5) is 2.49. The van der Waals surface area contributed by atoms with Crippen molar-refractivity contribution in [3.8, 4) is 0 Å². The van der Waals surface area contributed by atoms with Crippen molar-refractivity contribution in [1.29, 1.82) is 0 Å². The van der Waals surface area contributed by atoms with E-state index in [-0.39, 0.29) is 11.9 Å². The minimum atomic E-state index is -0.101. The maximum Gasteiger partial charge on any atom is 0.127 e. The first-order valence-corrected chi connectivity index (χ1v) is 6.95. The van der Waals surface area contributed by atoms with Crippen LogP contribution in [0, 0.1) is 5.82 Å². The van der Waals surface area contributed by atoms with E-state index in [1.807, 2.05) is 19.2 Å². The van der Waals surface area contributed by atoms with Gasteiger partial charge in [-0.05, 0) is 52.0 Å². The molecule has 1 aromatic carbocycles. The normalized spacial score (nSPS) is 18.8. The summed E-state index contributed by atoms with van der Waals surface area (Å²) < 4.78 is 13.7. The molecule has 3 heteroatoms. The highest BCUT2D eigenvalue weighted by Crippen LogP contribution is 2.20. The first-order valence-electron chi connectivity index (χ1n) is 6.95. The fourth-order valence-corrected chi connectivity index (χ4v) is 2.71. The average Bonchev–Trinajstić information content (AvgIpc) is 2.42. The van der Waals surface area contributed by atoms with Gasteiger partial charge in [-0.3, -0.25) is 0 Å². The van der Waals surface area contributed by atoms with Gasteiger partial charge in [-0.15, -0.1) is 0 Å². The van der Waals surface area contributed by atoms with E-state index in [9.17, 15) is 4.39 Å². The molecule has 0 bridgehead atoms. The predicted molar refractivity (Wildman–Crippen MR) is 73.1 cm³/mol. The van der Waals surface area contributed by atoms with E-state index in [1.165, 1.54) is 32.4 Å². The van der Waals surface area contributed by atoms with Crippen LogP contribution in [0.2, 0.25) is 0 Å². The second-order valence-corrected chi connectivity index (χ2v) is 5.05. The van der Waals surface area contributed by atoms with Crippen LogP contribution in [0.4, 0.5) is 4.39 Å². The van der Waals surface area contributed by atoms with Crippen LogP contribution in [-0.2, 0) is 0 Å². The van der Waals surface area contributed by atoms with Gasteiger partial charge in [0.05, 0.1) is 0 Å². The Morgan fingerprint density at radius 1 is 1.22 bits per heavy atom. The SMILES string of the molecule is CNC(CCN1CCCCC1)c1ccccc1F. The Balaban J connectivity index is 1.91. The van der Waals surface area contributed by atoms with Crippen LogP contribution in [0.1, 0.15) is 37.3 Å². The maximum atomic E-state index is 13.7. The first-order chi connectivity index (χ1) is 8.81. The van der Waals surface area contributed by atoms with E-state index >= 15 is 0 Å². The summed E-state index contributed by atoms with van der Waals surface area (Å²) in [6.45, 7) is 3.46. The van der Waals surface area contributed by atoms with Crippen LogP contribution in [0.5, 0.6) is 0 Å². The highest BCUT2D eigenvalue weighted by Gasteiger charge is 2.16. The Bertz CT molecular complexity index is 361. The summed E-state index contributed by atoms with van der Waals surface area (Å²) >= 11 is 0. The second-order valence-electron chi connectivity index (χ2n) is 5.05. The molecule has 2 nitrogen and oxygen atoms in total. The van der Waals surface area contributed by atoms with Crippen molar-refractivity contribution in [2.45, 2.75) is 31.7 Å². The molecular weight excluding hydrogens is 227 g/mol. The molecular formula is C15H23FN2. The summed E-state index contributed by atoms with van der Waals surface area (Å²) in [6, 6.07) is 7.20. The van der Waals surface area contributed by atoms with Crippen LogP contribution in [0.3, 0.4) is 0 Å². The van der Waals surface area contributed by atoms with Crippen LogP contribution in [-0.4, -0.2) is 31.6 Å². The number of hydrogen-bond acceptors (Lipinski definition) is 2. The molecule has 1 aliphatic rings. The van der Waals surface area contributed by atoms with E-state index in [4.69, 9.17) is 0 Å². The molecule has 0 aliphatic carbocycles. The Labute approximate surface area is 109 Å². The number of benzene rings is 1. The molecule has 1 unspecified atom stereocenters. The molecule has 0 amide bonds. The standard InChI is InChI=1S/C15H23FN2/c1-17-15(13-7-3-4-8-14(13)16)9-12-18-10-5-2-6-11-18/h3-4,7-8,15,17H,2,5-6,9-12H2,1H3. The number of nitrogens with one attached hydrogen (secondary N) is 1. The predicted octanol–water partition coefficient (Wildman–Crippen LogP) is 2.96. The zero-order valence-corrected chi connectivity index (χ0v) is 11.2. The molecule has 1 atom stereocenters. The average molecular weight is 250 g/mol. The molecule has 1 fully saturated rings. The molecule has 1 heterocycles. The maximum absolute atomic E-state index is 13.7. The summed E-state index contributed by atoms with van der Waals surface area (Å²) in [7, 11) is 1.91. The minimum absolute atomic E-state index is 0.101. The lowest BCUT2D eigenvalue weighted by atomic mass is 10.0. The lowest BCUT2D eigenvalue weighted by Gasteiger charge is -2.28. The Hall–Kier alpha value is -0.930. The Morgan fingerprint density at radius 3 is 2.61 bits per heavy atom. The van der Waals surface area contributed by atoms with Gasteiger partial charge in [0, 0.05) is 11.6 Å². The minimum Gasteiger partial charge on any atom is -0.313 e. The molecule has 1 aromatic rings. The molecule has 0 saturated carbocycles. The van der Waals surface area contributed by atoms with Crippen LogP contribution < -0.4 is 5.32 Å². The first kappa shape index (κ1) is 13.5. The van der Waals surface area contributed by atoms with Crippen molar-refractivity contribution in [2.24, 2.45) is 0 Å². The Morgan fingerprint density at radius 2 is 1.94 bits per heavy atom. The fourth-order valence-electron chi connectivity index (χ4n) is 2.71. The quantitative estimate of drug-likeness (QED) is 0.864. The van der Waals surface area contributed by atoms with E-state index in [0.717, 1.165) is 18.5 Å². The number of hydrogen-bond donors (Lipinski definition) is 1. The zero-order valence-electron chi connectivity index (χ0n) is 11.2. The molecule has 1 N–H and O–H groups in total. The summed E-state index contributed by atoms with van der Waals surface area (Å²) in [5.74, 6) is -0.101. The van der Waals surface area contributed by atoms with Gasteiger partial charge >= 0.3 is 0 Å². The van der Waals surface area contributed by atoms with Gasteiger partial charge in [-0.25, -0.2) is 4.39 Å². The monoisotopic (exact) mass is 250 g/mol. The number of likely N-dealkylation sites (tertiary alicyclic amines) is 1. The third kappa shape index (κ3) is 3.53. The molecule has 0 aromatic heterocycles. The molecule has 1 saturated heterocycles. The van der Waals surface area contributed by atoms with Gasteiger partial charge in [0.1, 0.15) is 5.82 Å². The smallest absolute Gasteiger partial charge is 0.127 e. The lowest BCUT2D eigenvalue weighted by molar-refractivity contribution is 0.217. The van der Waals surface area contributed by atoms with E-state index < -0.39 is 0 Å². The van der Waals surface area contributed by atoms with Crippen molar-refractivity contribution in [3.63, 3.8) is 0 Å². The third-order valence-corrected chi connectivity index (χ3v) is 3.81. The zero-order chi connectivity index (χ0) is 12.8. The summed E-state index contributed by atoms with van der Waals surface area (Å²) in [6.07, 6.45) is 4.95. The molecule has 18 heavy (non-hydrogen) atoms. The van der Waals surface area contributed by atoms with Gasteiger partial charge in [0.2, 0.25) is 0 Å². The van der Waals surface area contributed by atoms with Gasteiger partial charge in [0.25, 0.3) is 0 Å². The van der Waals surface area contributed by atoms with E-state index in [1.54, 1.807) is 12.1 Å². The fraction of sp³-hybridized carbons (Fsp3) is 0.600. The van der Waals surface area contributed by atoms with Crippen molar-refractivity contribution >= 4 is 0 Å². The molecule has 0 spiro atoms. The lowest BCUT2D eigenvalue weighted by Crippen LogP contribution is -2.33. The Kier molecular flexibility index (Phi) is 5.14. The van der Waals surface area contributed by atoms with E-state index in [0.29, 0.717) is 0 Å². The number of nitrogens with zero attached hydrogens (tertiary/aromatic N) is 1. The van der Waals surface area contributed by atoms with Crippen molar-refractivity contribution in [1.82, 2.24) is 10.2 Å². The second kappa shape index (κ2) is 6.86.